The highest BCUT2D eigenvalue weighted by atomic mass is 16.5. The number of carbonyl (C=O) groups excluding carboxylic acids is 1. The number of benzene rings is 1. The van der Waals surface area contributed by atoms with Gasteiger partial charge in [0.05, 0.1) is 6.04 Å². The Morgan fingerprint density at radius 2 is 2.00 bits per heavy atom. The molecule has 0 aromatic heterocycles. The molecule has 0 saturated carbocycles. The number of nitrogens with zero attached hydrogens (tertiary/aromatic N) is 1. The number of ether oxygens (including phenoxy) is 1. The van der Waals surface area contributed by atoms with Gasteiger partial charge in [-0.3, -0.25) is 14.5 Å². The van der Waals surface area contributed by atoms with Gasteiger partial charge < -0.3 is 15.6 Å². The van der Waals surface area contributed by atoms with Crippen LogP contribution in [0.15, 0.2) is 30.3 Å². The summed E-state index contributed by atoms with van der Waals surface area (Å²) < 4.78 is 4.86. The third kappa shape index (κ3) is 4.69. The molecule has 0 spiro atoms. The summed E-state index contributed by atoms with van der Waals surface area (Å²) in [6, 6.07) is 7.82. The van der Waals surface area contributed by atoms with Crippen molar-refractivity contribution in [1.82, 2.24) is 0 Å². The van der Waals surface area contributed by atoms with Crippen molar-refractivity contribution in [1.29, 1.82) is 0 Å². The van der Waals surface area contributed by atoms with Crippen molar-refractivity contribution in [2.45, 2.75) is 12.5 Å². The largest absolute Gasteiger partial charge is 0.480 e. The van der Waals surface area contributed by atoms with E-state index in [-0.39, 0.29) is 0 Å². The van der Waals surface area contributed by atoms with Crippen LogP contribution in [-0.4, -0.2) is 43.3 Å². The number of carboxylic acid groups (broad SMARTS) is 1. The van der Waals surface area contributed by atoms with Crippen LogP contribution in [0.5, 0.6) is 0 Å². The highest BCUT2D eigenvalue weighted by molar-refractivity contribution is 6.00. The first kappa shape index (κ1) is 15.1. The van der Waals surface area contributed by atoms with E-state index in [0.717, 1.165) is 0 Å². The number of aliphatic carboxylic acids is 1. The first-order chi connectivity index (χ1) is 9.06. The lowest BCUT2D eigenvalue weighted by Crippen LogP contribution is -2.46. The van der Waals surface area contributed by atoms with Gasteiger partial charge >= 0.3 is 5.97 Å². The van der Waals surface area contributed by atoms with Gasteiger partial charge in [0, 0.05) is 19.4 Å². The van der Waals surface area contributed by atoms with Gasteiger partial charge in [0.15, 0.2) is 0 Å². The summed E-state index contributed by atoms with van der Waals surface area (Å²) >= 11 is 0. The molecule has 0 saturated heterocycles. The smallest absolute Gasteiger partial charge is 0.323 e. The third-order valence-corrected chi connectivity index (χ3v) is 2.58. The van der Waals surface area contributed by atoms with Gasteiger partial charge in [-0.2, -0.15) is 0 Å². The molecule has 0 aliphatic carbocycles. The maximum absolute atomic E-state index is 12.2. The molecule has 1 amide bonds. The summed E-state index contributed by atoms with van der Waals surface area (Å²) in [7, 11) is 1.52. The van der Waals surface area contributed by atoms with E-state index in [4.69, 9.17) is 15.6 Å². The van der Waals surface area contributed by atoms with Crippen molar-refractivity contribution in [2.24, 2.45) is 5.73 Å². The maximum Gasteiger partial charge on any atom is 0.323 e. The van der Waals surface area contributed by atoms with Crippen molar-refractivity contribution in [3.63, 3.8) is 0 Å². The quantitative estimate of drug-likeness (QED) is 0.748. The Balaban J connectivity index is 2.85. The number of carboxylic acids is 1. The third-order valence-electron chi connectivity index (χ3n) is 2.58. The van der Waals surface area contributed by atoms with Gasteiger partial charge in [-0.1, -0.05) is 18.2 Å². The number of amides is 1. The van der Waals surface area contributed by atoms with Gasteiger partial charge in [0.25, 0.3) is 0 Å². The zero-order valence-electron chi connectivity index (χ0n) is 10.8. The second-order valence-electron chi connectivity index (χ2n) is 4.04. The van der Waals surface area contributed by atoms with E-state index in [9.17, 15) is 9.59 Å². The number of para-hydroxylation sites is 1. The Morgan fingerprint density at radius 3 is 2.53 bits per heavy atom. The molecule has 0 bridgehead atoms. The molecule has 3 N–H and O–H groups in total. The molecule has 6 heteroatoms. The van der Waals surface area contributed by atoms with Crippen LogP contribution in [-0.2, 0) is 14.3 Å². The van der Waals surface area contributed by atoms with Gasteiger partial charge in [-0.05, 0) is 18.6 Å². The molecule has 0 heterocycles. The van der Waals surface area contributed by atoms with Crippen molar-refractivity contribution < 1.29 is 19.4 Å². The van der Waals surface area contributed by atoms with Crippen LogP contribution in [0.1, 0.15) is 6.42 Å². The van der Waals surface area contributed by atoms with Gasteiger partial charge in [-0.25, -0.2) is 0 Å². The van der Waals surface area contributed by atoms with Crippen LogP contribution in [0.3, 0.4) is 0 Å². The van der Waals surface area contributed by atoms with Crippen LogP contribution >= 0.6 is 0 Å². The minimum atomic E-state index is -1.09. The fraction of sp³-hybridized carbons (Fsp3) is 0.385. The van der Waals surface area contributed by atoms with Crippen molar-refractivity contribution in [2.75, 3.05) is 25.2 Å². The topological polar surface area (TPSA) is 92.9 Å². The number of anilines is 1. The van der Waals surface area contributed by atoms with Crippen molar-refractivity contribution in [3.05, 3.63) is 30.3 Å². The Morgan fingerprint density at radius 1 is 1.37 bits per heavy atom. The predicted molar refractivity (Wildman–Crippen MR) is 70.9 cm³/mol. The second kappa shape index (κ2) is 7.50. The van der Waals surface area contributed by atoms with E-state index in [2.05, 4.69) is 0 Å². The van der Waals surface area contributed by atoms with E-state index in [1.54, 1.807) is 30.3 Å². The summed E-state index contributed by atoms with van der Waals surface area (Å²) in [6.45, 7) is -0.0634. The summed E-state index contributed by atoms with van der Waals surface area (Å²) in [6.07, 6.45) is 0.346. The van der Waals surface area contributed by atoms with E-state index < -0.39 is 24.5 Å². The average molecular weight is 266 g/mol. The number of hydrogen-bond acceptors (Lipinski definition) is 4. The monoisotopic (exact) mass is 266 g/mol. The minimum Gasteiger partial charge on any atom is -0.480 e. The van der Waals surface area contributed by atoms with Crippen molar-refractivity contribution in [3.8, 4) is 0 Å². The van der Waals surface area contributed by atoms with Crippen LogP contribution in [0.2, 0.25) is 0 Å². The average Bonchev–Trinajstić information content (AvgIpc) is 2.42. The molecule has 1 atom stereocenters. The van der Waals surface area contributed by atoms with Gasteiger partial charge in [-0.15, -0.1) is 0 Å². The molecule has 0 aliphatic rings. The first-order valence-corrected chi connectivity index (χ1v) is 5.89. The predicted octanol–water partition coefficient (Wildman–Crippen LogP) is 0.468. The lowest BCUT2D eigenvalue weighted by Gasteiger charge is -2.24. The van der Waals surface area contributed by atoms with Gasteiger partial charge in [0.1, 0.15) is 6.54 Å². The van der Waals surface area contributed by atoms with Crippen molar-refractivity contribution >= 4 is 17.6 Å². The fourth-order valence-electron chi connectivity index (χ4n) is 1.61. The molecular formula is C13H18N2O4. The zero-order valence-corrected chi connectivity index (χ0v) is 10.8. The standard InChI is InChI=1S/C13H18N2O4/c1-19-8-7-11(14)13(18)15(9-12(16)17)10-5-3-2-4-6-10/h2-6,11H,7-9,14H2,1H3,(H,16,17). The zero-order chi connectivity index (χ0) is 14.3. The lowest BCUT2D eigenvalue weighted by atomic mass is 10.1. The Hall–Kier alpha value is -1.92. The van der Waals surface area contributed by atoms with E-state index in [1.807, 2.05) is 0 Å². The molecular weight excluding hydrogens is 248 g/mol. The normalized spacial score (nSPS) is 11.9. The second-order valence-corrected chi connectivity index (χ2v) is 4.04. The van der Waals surface area contributed by atoms with E-state index in [1.165, 1.54) is 12.0 Å². The number of carbonyl (C=O) groups is 2. The summed E-state index contributed by atoms with van der Waals surface area (Å²) in [5.74, 6) is -1.51. The number of hydrogen-bond donors (Lipinski definition) is 2. The molecule has 1 aromatic carbocycles. The molecule has 1 rings (SSSR count). The fourth-order valence-corrected chi connectivity index (χ4v) is 1.61. The van der Waals surface area contributed by atoms with Gasteiger partial charge in [0.2, 0.25) is 5.91 Å². The van der Waals surface area contributed by atoms with Crippen LogP contribution in [0, 0.1) is 0 Å². The molecule has 0 radical (unpaired) electrons. The maximum atomic E-state index is 12.2. The summed E-state index contributed by atoms with van der Waals surface area (Å²) in [5.41, 5.74) is 6.27. The van der Waals surface area contributed by atoms with Crippen LogP contribution in [0.25, 0.3) is 0 Å². The molecule has 0 fully saturated rings. The highest BCUT2D eigenvalue weighted by Crippen LogP contribution is 2.14. The molecule has 104 valence electrons. The minimum absolute atomic E-state index is 0.346. The lowest BCUT2D eigenvalue weighted by molar-refractivity contribution is -0.136. The first-order valence-electron chi connectivity index (χ1n) is 5.89. The van der Waals surface area contributed by atoms with E-state index >= 15 is 0 Å². The number of rotatable bonds is 7. The SMILES string of the molecule is COCCC(N)C(=O)N(CC(=O)O)c1ccccc1. The molecule has 19 heavy (non-hydrogen) atoms. The molecule has 1 unspecified atom stereocenters. The molecule has 6 nitrogen and oxygen atoms in total. The number of methoxy groups -OCH3 is 1. The number of nitrogens with two attached hydrogens (primary N) is 1. The molecule has 0 aliphatic heterocycles. The summed E-state index contributed by atoms with van der Waals surface area (Å²) in [5, 5.41) is 8.89. The van der Waals surface area contributed by atoms with Crippen LogP contribution < -0.4 is 10.6 Å². The van der Waals surface area contributed by atoms with E-state index in [0.29, 0.717) is 18.7 Å². The highest BCUT2D eigenvalue weighted by Gasteiger charge is 2.24. The Kier molecular flexibility index (Phi) is 5.98. The summed E-state index contributed by atoms with van der Waals surface area (Å²) in [4.78, 5) is 24.2. The molecule has 1 aromatic rings. The Labute approximate surface area is 111 Å². The van der Waals surface area contributed by atoms with Crippen LogP contribution in [0.4, 0.5) is 5.69 Å². The Bertz CT molecular complexity index is 422.